The van der Waals surface area contributed by atoms with Gasteiger partial charge in [-0.05, 0) is 17.9 Å². The van der Waals surface area contributed by atoms with Crippen molar-refractivity contribution in [3.63, 3.8) is 0 Å². The maximum atomic E-state index is 3.76. The summed E-state index contributed by atoms with van der Waals surface area (Å²) in [6, 6.07) is 0. The molecule has 0 heterocycles. The summed E-state index contributed by atoms with van der Waals surface area (Å²) in [5, 5.41) is 0. The molecule has 9 heavy (non-hydrogen) atoms. The van der Waals surface area contributed by atoms with Gasteiger partial charge in [0.1, 0.15) is 0 Å². The van der Waals surface area contributed by atoms with E-state index in [1.165, 1.54) is 24.3 Å². The fourth-order valence-corrected chi connectivity index (χ4v) is 1.35. The molecule has 0 aliphatic rings. The van der Waals surface area contributed by atoms with Gasteiger partial charge in [0.15, 0.2) is 0 Å². The van der Waals surface area contributed by atoms with Crippen molar-refractivity contribution in [2.24, 2.45) is 0 Å². The van der Waals surface area contributed by atoms with Crippen LogP contribution in [0.4, 0.5) is 0 Å². The number of unbranched alkanes of at least 4 members (excludes halogenated alkanes) is 1. The van der Waals surface area contributed by atoms with Gasteiger partial charge in [0.2, 0.25) is 0 Å². The van der Waals surface area contributed by atoms with Gasteiger partial charge in [0, 0.05) is 0 Å². The molecule has 0 aliphatic heterocycles. The van der Waals surface area contributed by atoms with E-state index in [0.717, 1.165) is 6.42 Å². The Bertz CT molecular complexity index is 33.9. The van der Waals surface area contributed by atoms with Gasteiger partial charge in [0.05, 0.1) is 0 Å². The third-order valence-corrected chi connectivity index (χ3v) is 2.09. The minimum Gasteiger partial charge on any atom is -0.343 e. The number of rotatable bonds is 5. The van der Waals surface area contributed by atoms with E-state index < -0.39 is 0 Å². The first-order valence-electron chi connectivity index (χ1n) is 3.28. The van der Waals surface area contributed by atoms with Gasteiger partial charge >= 0.3 is 18.9 Å². The van der Waals surface area contributed by atoms with Crippen LogP contribution in [-0.4, -0.2) is 11.5 Å². The first kappa shape index (κ1) is 12.6. The second-order valence-electron chi connectivity index (χ2n) is 1.82. The first-order chi connectivity index (χ1) is 3.91. The second-order valence-corrected chi connectivity index (χ2v) is 3.04. The van der Waals surface area contributed by atoms with E-state index in [0.29, 0.717) is 0 Å². The van der Waals surface area contributed by atoms with E-state index in [1.54, 1.807) is 0 Å². The van der Waals surface area contributed by atoms with Crippen LogP contribution in [-0.2, 0) is 0 Å². The molecule has 0 radical (unpaired) electrons. The summed E-state index contributed by atoms with van der Waals surface area (Å²) in [6.07, 6.45) is 3.77. The molecule has 2 heteroatoms. The van der Waals surface area contributed by atoms with Gasteiger partial charge in [-0.3, -0.25) is 0 Å². The Morgan fingerprint density at radius 2 is 2.00 bits per heavy atom. The topological polar surface area (TPSA) is 0 Å². The molecule has 0 aliphatic carbocycles. The maximum Gasteiger partial charge on any atom is 1.00 e. The summed E-state index contributed by atoms with van der Waals surface area (Å²) in [7, 11) is 0. The number of thioether (sulfide) groups is 1. The Morgan fingerprint density at radius 3 is 2.44 bits per heavy atom. The average Bonchev–Trinajstić information content (AvgIpc) is 1.81. The molecule has 0 saturated carbocycles. The molecule has 0 spiro atoms. The molecule has 0 aromatic heterocycles. The predicted octanol–water partition coefficient (Wildman–Crippen LogP) is -0.252. The van der Waals surface area contributed by atoms with E-state index in [4.69, 9.17) is 0 Å². The fourth-order valence-electron chi connectivity index (χ4n) is 0.451. The summed E-state index contributed by atoms with van der Waals surface area (Å²) in [6.45, 7) is 5.99. The van der Waals surface area contributed by atoms with Gasteiger partial charge in [0.25, 0.3) is 0 Å². The van der Waals surface area contributed by atoms with Gasteiger partial charge in [-0.1, -0.05) is 13.3 Å². The van der Waals surface area contributed by atoms with Crippen molar-refractivity contribution in [3.8, 4) is 0 Å². The normalized spacial score (nSPS) is 8.67. The molecule has 0 bridgehead atoms. The Labute approximate surface area is 75.3 Å². The molecule has 0 amide bonds. The van der Waals surface area contributed by atoms with Crippen molar-refractivity contribution in [3.05, 3.63) is 6.92 Å². The minimum absolute atomic E-state index is 0. The van der Waals surface area contributed by atoms with Gasteiger partial charge < -0.3 is 6.92 Å². The monoisotopic (exact) mass is 138 g/mol. The van der Waals surface area contributed by atoms with Crippen molar-refractivity contribution in [1.29, 1.82) is 0 Å². The second kappa shape index (κ2) is 11.7. The number of hydrogen-bond donors (Lipinski definition) is 0. The Morgan fingerprint density at radius 1 is 1.33 bits per heavy atom. The van der Waals surface area contributed by atoms with Crippen LogP contribution in [0.5, 0.6) is 0 Å². The molecular formula is C7H15LiS. The van der Waals surface area contributed by atoms with Crippen molar-refractivity contribution < 1.29 is 18.9 Å². The van der Waals surface area contributed by atoms with E-state index in [-0.39, 0.29) is 18.9 Å². The molecule has 0 aromatic carbocycles. The summed E-state index contributed by atoms with van der Waals surface area (Å²) < 4.78 is 0. The Balaban J connectivity index is 0. The molecule has 0 unspecified atom stereocenters. The number of hydrogen-bond acceptors (Lipinski definition) is 1. The van der Waals surface area contributed by atoms with Crippen LogP contribution in [0.15, 0.2) is 0 Å². The molecule has 0 fully saturated rings. The maximum absolute atomic E-state index is 3.76. The van der Waals surface area contributed by atoms with Gasteiger partial charge in [-0.15, -0.1) is 0 Å². The quantitative estimate of drug-likeness (QED) is 0.287. The van der Waals surface area contributed by atoms with E-state index in [9.17, 15) is 0 Å². The van der Waals surface area contributed by atoms with Crippen molar-refractivity contribution in [2.75, 3.05) is 11.5 Å². The van der Waals surface area contributed by atoms with Crippen molar-refractivity contribution in [2.45, 2.75) is 26.2 Å². The minimum atomic E-state index is 0. The summed E-state index contributed by atoms with van der Waals surface area (Å²) in [5.41, 5.74) is 0. The standard InChI is InChI=1S/C7H15S.Li/c1-3-5-7-8-6-4-2;/h2-7H2,1H3;/q-1;+1. The third-order valence-electron chi connectivity index (χ3n) is 0.931. The van der Waals surface area contributed by atoms with Gasteiger partial charge in [-0.2, -0.15) is 18.2 Å². The van der Waals surface area contributed by atoms with E-state index in [2.05, 4.69) is 13.8 Å². The molecule has 0 nitrogen and oxygen atoms in total. The van der Waals surface area contributed by atoms with Crippen LogP contribution in [0.3, 0.4) is 0 Å². The SMILES string of the molecule is [CH2-]CCSCCCC.[Li+]. The van der Waals surface area contributed by atoms with Crippen LogP contribution < -0.4 is 18.9 Å². The van der Waals surface area contributed by atoms with Crippen LogP contribution in [0.25, 0.3) is 0 Å². The molecule has 0 saturated heterocycles. The van der Waals surface area contributed by atoms with Crippen LogP contribution in [0.2, 0.25) is 0 Å². The fraction of sp³-hybridized carbons (Fsp3) is 0.857. The molecule has 0 rings (SSSR count). The Hall–Kier alpha value is 0.947. The predicted molar refractivity (Wildman–Crippen MR) is 42.2 cm³/mol. The molecule has 50 valence electrons. The van der Waals surface area contributed by atoms with Gasteiger partial charge in [-0.25, -0.2) is 0 Å². The van der Waals surface area contributed by atoms with Crippen molar-refractivity contribution in [1.82, 2.24) is 0 Å². The van der Waals surface area contributed by atoms with Crippen LogP contribution in [0, 0.1) is 6.92 Å². The zero-order valence-electron chi connectivity index (χ0n) is 6.65. The third kappa shape index (κ3) is 12.2. The molecular weight excluding hydrogens is 123 g/mol. The van der Waals surface area contributed by atoms with E-state index >= 15 is 0 Å². The molecule has 0 N–H and O–H groups in total. The smallest absolute Gasteiger partial charge is 0.343 e. The van der Waals surface area contributed by atoms with Crippen molar-refractivity contribution >= 4 is 11.8 Å². The summed E-state index contributed by atoms with van der Waals surface area (Å²) in [4.78, 5) is 0. The zero-order valence-corrected chi connectivity index (χ0v) is 7.47. The van der Waals surface area contributed by atoms with Crippen LogP contribution >= 0.6 is 11.8 Å². The largest absolute Gasteiger partial charge is 1.00 e. The average molecular weight is 138 g/mol. The van der Waals surface area contributed by atoms with Crippen LogP contribution in [0.1, 0.15) is 26.2 Å². The molecule has 0 atom stereocenters. The zero-order chi connectivity index (χ0) is 6.24. The molecule has 0 aromatic rings. The summed E-state index contributed by atoms with van der Waals surface area (Å²) in [5.74, 6) is 2.56. The Kier molecular flexibility index (Phi) is 16.4. The first-order valence-corrected chi connectivity index (χ1v) is 4.44. The summed E-state index contributed by atoms with van der Waals surface area (Å²) >= 11 is 2.02. The van der Waals surface area contributed by atoms with E-state index in [1.807, 2.05) is 11.8 Å².